The number of hydrogen-bond donors (Lipinski definition) is 0. The Balaban J connectivity index is 2.17. The highest BCUT2D eigenvalue weighted by molar-refractivity contribution is 5.18. The molecular formula is C12H20N2O. The van der Waals surface area contributed by atoms with Gasteiger partial charge < -0.3 is 4.74 Å². The topological polar surface area (TPSA) is 27.1 Å². The van der Waals surface area contributed by atoms with E-state index in [-0.39, 0.29) is 0 Å². The predicted molar refractivity (Wildman–Crippen MR) is 60.1 cm³/mol. The highest BCUT2D eigenvalue weighted by Gasteiger charge is 2.18. The SMILES string of the molecule is Cc1cn(C2CCOCC2)nc1C(C)C. The molecule has 1 fully saturated rings. The zero-order valence-electron chi connectivity index (χ0n) is 9.86. The Morgan fingerprint density at radius 3 is 2.60 bits per heavy atom. The fourth-order valence-electron chi connectivity index (χ4n) is 2.20. The van der Waals surface area contributed by atoms with Crippen molar-refractivity contribution in [2.45, 2.75) is 45.6 Å². The lowest BCUT2D eigenvalue weighted by molar-refractivity contribution is 0.0661. The molecule has 1 aromatic heterocycles. The van der Waals surface area contributed by atoms with Gasteiger partial charge in [0.2, 0.25) is 0 Å². The van der Waals surface area contributed by atoms with Crippen LogP contribution in [0.15, 0.2) is 6.20 Å². The van der Waals surface area contributed by atoms with Gasteiger partial charge in [0.1, 0.15) is 0 Å². The van der Waals surface area contributed by atoms with Crippen LogP contribution in [0.2, 0.25) is 0 Å². The van der Waals surface area contributed by atoms with Gasteiger partial charge in [0, 0.05) is 19.4 Å². The normalized spacial score (nSPS) is 18.7. The van der Waals surface area contributed by atoms with Crippen LogP contribution in [0.3, 0.4) is 0 Å². The molecule has 0 aromatic carbocycles. The van der Waals surface area contributed by atoms with E-state index >= 15 is 0 Å². The molecule has 3 heteroatoms. The fraction of sp³-hybridized carbons (Fsp3) is 0.750. The zero-order valence-corrected chi connectivity index (χ0v) is 9.86. The zero-order chi connectivity index (χ0) is 10.8. The van der Waals surface area contributed by atoms with Gasteiger partial charge in [-0.15, -0.1) is 0 Å². The van der Waals surface area contributed by atoms with Crippen molar-refractivity contribution in [3.8, 4) is 0 Å². The Labute approximate surface area is 91.4 Å². The number of hydrogen-bond acceptors (Lipinski definition) is 2. The average molecular weight is 208 g/mol. The molecule has 0 amide bonds. The average Bonchev–Trinajstić information content (AvgIpc) is 2.62. The molecule has 0 atom stereocenters. The quantitative estimate of drug-likeness (QED) is 0.747. The van der Waals surface area contributed by atoms with Crippen molar-refractivity contribution < 1.29 is 4.74 Å². The fourth-order valence-corrected chi connectivity index (χ4v) is 2.20. The highest BCUT2D eigenvalue weighted by atomic mass is 16.5. The summed E-state index contributed by atoms with van der Waals surface area (Å²) in [4.78, 5) is 0. The van der Waals surface area contributed by atoms with E-state index < -0.39 is 0 Å². The van der Waals surface area contributed by atoms with E-state index in [1.807, 2.05) is 0 Å². The summed E-state index contributed by atoms with van der Waals surface area (Å²) in [6, 6.07) is 0.546. The minimum Gasteiger partial charge on any atom is -0.381 e. The molecule has 0 unspecified atom stereocenters. The van der Waals surface area contributed by atoms with Gasteiger partial charge in [0.15, 0.2) is 0 Å². The van der Waals surface area contributed by atoms with Crippen molar-refractivity contribution in [2.24, 2.45) is 0 Å². The van der Waals surface area contributed by atoms with Crippen LogP contribution in [-0.2, 0) is 4.74 Å². The first-order valence-electron chi connectivity index (χ1n) is 5.82. The molecule has 1 saturated heterocycles. The third kappa shape index (κ3) is 2.23. The van der Waals surface area contributed by atoms with Gasteiger partial charge >= 0.3 is 0 Å². The van der Waals surface area contributed by atoms with Crippen LogP contribution in [0.5, 0.6) is 0 Å². The smallest absolute Gasteiger partial charge is 0.0679 e. The van der Waals surface area contributed by atoms with Gasteiger partial charge in [0.05, 0.1) is 11.7 Å². The largest absolute Gasteiger partial charge is 0.381 e. The predicted octanol–water partition coefficient (Wildman–Crippen LogP) is 2.67. The van der Waals surface area contributed by atoms with Crippen molar-refractivity contribution in [3.63, 3.8) is 0 Å². The van der Waals surface area contributed by atoms with Crippen molar-refractivity contribution in [1.29, 1.82) is 0 Å². The monoisotopic (exact) mass is 208 g/mol. The Morgan fingerprint density at radius 2 is 2.07 bits per heavy atom. The first kappa shape index (κ1) is 10.7. The molecule has 2 heterocycles. The minimum atomic E-state index is 0.520. The van der Waals surface area contributed by atoms with Crippen LogP contribution < -0.4 is 0 Å². The number of nitrogens with zero attached hydrogens (tertiary/aromatic N) is 2. The summed E-state index contributed by atoms with van der Waals surface area (Å²) in [6.07, 6.45) is 4.38. The Morgan fingerprint density at radius 1 is 1.40 bits per heavy atom. The summed E-state index contributed by atoms with van der Waals surface area (Å²) >= 11 is 0. The molecule has 0 aliphatic carbocycles. The number of rotatable bonds is 2. The second kappa shape index (κ2) is 4.35. The molecule has 0 N–H and O–H groups in total. The van der Waals surface area contributed by atoms with E-state index in [0.29, 0.717) is 12.0 Å². The van der Waals surface area contributed by atoms with E-state index in [4.69, 9.17) is 9.84 Å². The maximum Gasteiger partial charge on any atom is 0.0679 e. The molecule has 1 aromatic rings. The third-order valence-corrected chi connectivity index (χ3v) is 3.06. The number of aromatic nitrogens is 2. The van der Waals surface area contributed by atoms with Gasteiger partial charge in [0.25, 0.3) is 0 Å². The first-order valence-corrected chi connectivity index (χ1v) is 5.82. The third-order valence-electron chi connectivity index (χ3n) is 3.06. The summed E-state index contributed by atoms with van der Waals surface area (Å²) in [5.41, 5.74) is 2.55. The summed E-state index contributed by atoms with van der Waals surface area (Å²) in [6.45, 7) is 8.30. The second-order valence-corrected chi connectivity index (χ2v) is 4.68. The molecular weight excluding hydrogens is 188 g/mol. The summed E-state index contributed by atoms with van der Waals surface area (Å²) < 4.78 is 7.51. The molecule has 0 radical (unpaired) electrons. The second-order valence-electron chi connectivity index (χ2n) is 4.68. The van der Waals surface area contributed by atoms with E-state index in [1.165, 1.54) is 11.3 Å². The number of ether oxygens (including phenoxy) is 1. The highest BCUT2D eigenvalue weighted by Crippen LogP contribution is 2.24. The van der Waals surface area contributed by atoms with Crippen LogP contribution in [0, 0.1) is 6.92 Å². The molecule has 2 rings (SSSR count). The molecule has 3 nitrogen and oxygen atoms in total. The van der Waals surface area contributed by atoms with E-state index in [1.54, 1.807) is 0 Å². The standard InChI is InChI=1S/C12H20N2O/c1-9(2)12-10(3)8-14(13-12)11-4-6-15-7-5-11/h8-9,11H,4-7H2,1-3H3. The van der Waals surface area contributed by atoms with E-state index in [9.17, 15) is 0 Å². The number of aryl methyl sites for hydroxylation is 1. The lowest BCUT2D eigenvalue weighted by Crippen LogP contribution is -2.20. The van der Waals surface area contributed by atoms with Gasteiger partial charge in [-0.05, 0) is 31.2 Å². The van der Waals surface area contributed by atoms with Crippen molar-refractivity contribution >= 4 is 0 Å². The van der Waals surface area contributed by atoms with Crippen LogP contribution in [-0.4, -0.2) is 23.0 Å². The van der Waals surface area contributed by atoms with Crippen LogP contribution in [0.4, 0.5) is 0 Å². The van der Waals surface area contributed by atoms with Gasteiger partial charge in [-0.1, -0.05) is 13.8 Å². The maximum atomic E-state index is 5.36. The van der Waals surface area contributed by atoms with Crippen molar-refractivity contribution in [2.75, 3.05) is 13.2 Å². The molecule has 1 aliphatic rings. The Kier molecular flexibility index (Phi) is 3.10. The summed E-state index contributed by atoms with van der Waals surface area (Å²) in [7, 11) is 0. The van der Waals surface area contributed by atoms with E-state index in [0.717, 1.165) is 26.1 Å². The molecule has 0 spiro atoms. The summed E-state index contributed by atoms with van der Waals surface area (Å²) in [5.74, 6) is 0.520. The molecule has 0 bridgehead atoms. The summed E-state index contributed by atoms with van der Waals surface area (Å²) in [5, 5.41) is 4.69. The minimum absolute atomic E-state index is 0.520. The maximum absolute atomic E-state index is 5.36. The van der Waals surface area contributed by atoms with Gasteiger partial charge in [-0.2, -0.15) is 5.10 Å². The Hall–Kier alpha value is -0.830. The van der Waals surface area contributed by atoms with Crippen molar-refractivity contribution in [3.05, 3.63) is 17.5 Å². The molecule has 15 heavy (non-hydrogen) atoms. The van der Waals surface area contributed by atoms with Crippen molar-refractivity contribution in [1.82, 2.24) is 9.78 Å². The molecule has 1 aliphatic heterocycles. The first-order chi connectivity index (χ1) is 7.18. The van der Waals surface area contributed by atoms with Gasteiger partial charge in [-0.3, -0.25) is 4.68 Å². The van der Waals surface area contributed by atoms with Crippen LogP contribution in [0.1, 0.15) is 49.9 Å². The molecule has 84 valence electrons. The van der Waals surface area contributed by atoms with Gasteiger partial charge in [-0.25, -0.2) is 0 Å². The lowest BCUT2D eigenvalue weighted by atomic mass is 10.1. The van der Waals surface area contributed by atoms with Crippen LogP contribution in [0.25, 0.3) is 0 Å². The van der Waals surface area contributed by atoms with E-state index in [2.05, 4.69) is 31.6 Å². The lowest BCUT2D eigenvalue weighted by Gasteiger charge is -2.22. The Bertz CT molecular complexity index is 324. The molecule has 0 saturated carbocycles. The van der Waals surface area contributed by atoms with Crippen LogP contribution >= 0.6 is 0 Å².